The molecule has 0 aromatic heterocycles. The maximum atomic E-state index is 9.64. The van der Waals surface area contributed by atoms with E-state index in [1.54, 1.807) is 0 Å². The highest BCUT2D eigenvalue weighted by Crippen LogP contribution is 2.27. The van der Waals surface area contributed by atoms with Crippen LogP contribution in [0.25, 0.3) is 0 Å². The summed E-state index contributed by atoms with van der Waals surface area (Å²) < 4.78 is 0. The van der Waals surface area contributed by atoms with E-state index in [1.807, 2.05) is 25.1 Å². The largest absolute Gasteiger partial charge is 0.395 e. The summed E-state index contributed by atoms with van der Waals surface area (Å²) in [7, 11) is 0. The summed E-state index contributed by atoms with van der Waals surface area (Å²) in [6.45, 7) is 3.74. The lowest BCUT2D eigenvalue weighted by atomic mass is 10.0. The van der Waals surface area contributed by atoms with Crippen LogP contribution >= 0.6 is 0 Å². The molecule has 0 amide bonds. The first-order valence-electron chi connectivity index (χ1n) is 6.27. The molecule has 3 heteroatoms. The minimum Gasteiger partial charge on any atom is -0.395 e. The summed E-state index contributed by atoms with van der Waals surface area (Å²) in [6, 6.07) is 10.5. The third-order valence-electron chi connectivity index (χ3n) is 3.68. The van der Waals surface area contributed by atoms with Gasteiger partial charge in [0.15, 0.2) is 0 Å². The van der Waals surface area contributed by atoms with Crippen molar-refractivity contribution >= 4 is 0 Å². The van der Waals surface area contributed by atoms with Gasteiger partial charge in [0, 0.05) is 19.1 Å². The van der Waals surface area contributed by atoms with E-state index < -0.39 is 0 Å². The van der Waals surface area contributed by atoms with Gasteiger partial charge in [0.25, 0.3) is 0 Å². The van der Waals surface area contributed by atoms with Crippen molar-refractivity contribution < 1.29 is 10.2 Å². The Balaban J connectivity index is 2.00. The summed E-state index contributed by atoms with van der Waals surface area (Å²) in [5.74, 6) is 0.288. The van der Waals surface area contributed by atoms with Gasteiger partial charge in [-0.3, -0.25) is 4.90 Å². The maximum Gasteiger partial charge on any atom is 0.0587 e. The number of rotatable bonds is 4. The minimum atomic E-state index is -0.287. The van der Waals surface area contributed by atoms with Crippen molar-refractivity contribution in [3.8, 4) is 0 Å². The van der Waals surface area contributed by atoms with Gasteiger partial charge in [0.05, 0.1) is 12.7 Å². The quantitative estimate of drug-likeness (QED) is 0.825. The summed E-state index contributed by atoms with van der Waals surface area (Å²) in [4.78, 5) is 2.27. The van der Waals surface area contributed by atoms with E-state index in [1.165, 1.54) is 5.56 Å². The molecule has 0 radical (unpaired) electrons. The summed E-state index contributed by atoms with van der Waals surface area (Å²) in [5, 5.41) is 19.0. The van der Waals surface area contributed by atoms with E-state index >= 15 is 0 Å². The molecule has 0 bridgehead atoms. The number of aliphatic hydroxyl groups excluding tert-OH is 2. The maximum absolute atomic E-state index is 9.64. The van der Waals surface area contributed by atoms with Crippen LogP contribution < -0.4 is 0 Å². The van der Waals surface area contributed by atoms with E-state index in [0.29, 0.717) is 0 Å². The second-order valence-corrected chi connectivity index (χ2v) is 4.99. The second kappa shape index (κ2) is 5.63. The SMILES string of the molecule is CC(O)C1C[C@@H](CO)N(Cc2ccccc2)C1. The highest BCUT2D eigenvalue weighted by atomic mass is 16.3. The van der Waals surface area contributed by atoms with Crippen LogP contribution in [0, 0.1) is 5.92 Å². The fraction of sp³-hybridized carbons (Fsp3) is 0.571. The number of benzene rings is 1. The van der Waals surface area contributed by atoms with Crippen LogP contribution in [-0.4, -0.2) is 40.4 Å². The first-order valence-corrected chi connectivity index (χ1v) is 6.27. The zero-order valence-electron chi connectivity index (χ0n) is 10.3. The summed E-state index contributed by atoms with van der Waals surface area (Å²) in [5.41, 5.74) is 1.26. The minimum absolute atomic E-state index is 0.177. The molecule has 2 N–H and O–H groups in total. The average molecular weight is 235 g/mol. The van der Waals surface area contributed by atoms with Crippen molar-refractivity contribution in [3.63, 3.8) is 0 Å². The molecule has 0 spiro atoms. The molecule has 1 aliphatic heterocycles. The van der Waals surface area contributed by atoms with E-state index in [-0.39, 0.29) is 24.7 Å². The second-order valence-electron chi connectivity index (χ2n) is 4.99. The first kappa shape index (κ1) is 12.6. The van der Waals surface area contributed by atoms with Crippen LogP contribution in [0.5, 0.6) is 0 Å². The monoisotopic (exact) mass is 235 g/mol. The molecule has 1 aliphatic rings. The standard InChI is InChI=1S/C14H21NO2/c1-11(17)13-7-14(10-16)15(9-13)8-12-5-3-2-4-6-12/h2-6,11,13-14,16-17H,7-10H2,1H3/t11?,13?,14-/m0/s1. The van der Waals surface area contributed by atoms with Crippen LogP contribution in [0.3, 0.4) is 0 Å². The molecular weight excluding hydrogens is 214 g/mol. The molecule has 1 saturated heterocycles. The van der Waals surface area contributed by atoms with Crippen LogP contribution in [0.4, 0.5) is 0 Å². The molecule has 3 atom stereocenters. The lowest BCUT2D eigenvalue weighted by molar-refractivity contribution is 0.126. The van der Waals surface area contributed by atoms with E-state index in [0.717, 1.165) is 19.5 Å². The Morgan fingerprint density at radius 3 is 2.65 bits per heavy atom. The van der Waals surface area contributed by atoms with Crippen LogP contribution in [0.1, 0.15) is 18.9 Å². The van der Waals surface area contributed by atoms with Gasteiger partial charge >= 0.3 is 0 Å². The van der Waals surface area contributed by atoms with Crippen molar-refractivity contribution in [2.45, 2.75) is 32.0 Å². The van der Waals surface area contributed by atoms with Crippen LogP contribution in [0.2, 0.25) is 0 Å². The van der Waals surface area contributed by atoms with Crippen LogP contribution in [-0.2, 0) is 6.54 Å². The number of hydrogen-bond acceptors (Lipinski definition) is 3. The Morgan fingerprint density at radius 2 is 2.06 bits per heavy atom. The van der Waals surface area contributed by atoms with Gasteiger partial charge in [-0.15, -0.1) is 0 Å². The smallest absolute Gasteiger partial charge is 0.0587 e. The Bertz CT molecular complexity index is 339. The highest BCUT2D eigenvalue weighted by molar-refractivity contribution is 5.15. The lowest BCUT2D eigenvalue weighted by Gasteiger charge is -2.22. The third-order valence-corrected chi connectivity index (χ3v) is 3.68. The predicted octanol–water partition coefficient (Wildman–Crippen LogP) is 1.25. The molecule has 1 aromatic carbocycles. The Labute approximate surface area is 103 Å². The molecule has 17 heavy (non-hydrogen) atoms. The van der Waals surface area contributed by atoms with Crippen molar-refractivity contribution in [3.05, 3.63) is 35.9 Å². The molecule has 2 rings (SSSR count). The Hall–Kier alpha value is -0.900. The Morgan fingerprint density at radius 1 is 1.35 bits per heavy atom. The molecule has 1 fully saturated rings. The predicted molar refractivity (Wildman–Crippen MR) is 67.5 cm³/mol. The number of aliphatic hydroxyl groups is 2. The van der Waals surface area contributed by atoms with Gasteiger partial charge in [-0.05, 0) is 24.8 Å². The van der Waals surface area contributed by atoms with Crippen molar-refractivity contribution in [1.82, 2.24) is 4.90 Å². The highest BCUT2D eigenvalue weighted by Gasteiger charge is 2.33. The van der Waals surface area contributed by atoms with Gasteiger partial charge in [0.1, 0.15) is 0 Å². The normalized spacial score (nSPS) is 27.2. The van der Waals surface area contributed by atoms with E-state index in [4.69, 9.17) is 0 Å². The zero-order valence-corrected chi connectivity index (χ0v) is 10.3. The fourth-order valence-electron chi connectivity index (χ4n) is 2.57. The summed E-state index contributed by atoms with van der Waals surface area (Å²) >= 11 is 0. The molecule has 0 aliphatic carbocycles. The first-order chi connectivity index (χ1) is 8.20. The van der Waals surface area contributed by atoms with Gasteiger partial charge in [-0.2, -0.15) is 0 Å². The average Bonchev–Trinajstić information content (AvgIpc) is 2.74. The van der Waals surface area contributed by atoms with Gasteiger partial charge in [-0.1, -0.05) is 30.3 Å². The third kappa shape index (κ3) is 3.06. The topological polar surface area (TPSA) is 43.7 Å². The van der Waals surface area contributed by atoms with Gasteiger partial charge in [0.2, 0.25) is 0 Å². The molecule has 1 heterocycles. The molecule has 2 unspecified atom stereocenters. The molecule has 0 saturated carbocycles. The van der Waals surface area contributed by atoms with Gasteiger partial charge < -0.3 is 10.2 Å². The molecule has 1 aromatic rings. The van der Waals surface area contributed by atoms with Crippen molar-refractivity contribution in [1.29, 1.82) is 0 Å². The Kier molecular flexibility index (Phi) is 4.15. The van der Waals surface area contributed by atoms with Gasteiger partial charge in [-0.25, -0.2) is 0 Å². The number of likely N-dealkylation sites (tertiary alicyclic amines) is 1. The van der Waals surface area contributed by atoms with Crippen LogP contribution in [0.15, 0.2) is 30.3 Å². The summed E-state index contributed by atoms with van der Waals surface area (Å²) in [6.07, 6.45) is 0.603. The van der Waals surface area contributed by atoms with Crippen molar-refractivity contribution in [2.24, 2.45) is 5.92 Å². The van der Waals surface area contributed by atoms with Crippen molar-refractivity contribution in [2.75, 3.05) is 13.2 Å². The lowest BCUT2D eigenvalue weighted by Crippen LogP contribution is -2.31. The number of nitrogens with zero attached hydrogens (tertiary/aromatic N) is 1. The molecule has 94 valence electrons. The number of hydrogen-bond donors (Lipinski definition) is 2. The van der Waals surface area contributed by atoms with E-state index in [2.05, 4.69) is 17.0 Å². The van der Waals surface area contributed by atoms with E-state index in [9.17, 15) is 10.2 Å². The fourth-order valence-corrected chi connectivity index (χ4v) is 2.57. The zero-order chi connectivity index (χ0) is 12.3. The molecular formula is C14H21NO2. The molecule has 3 nitrogen and oxygen atoms in total.